The minimum Gasteiger partial charge on any atom is -0.493 e. The van der Waals surface area contributed by atoms with Crippen molar-refractivity contribution < 1.29 is 4.74 Å². The fourth-order valence-electron chi connectivity index (χ4n) is 2.18. The van der Waals surface area contributed by atoms with E-state index < -0.39 is 0 Å². The van der Waals surface area contributed by atoms with E-state index in [4.69, 9.17) is 4.74 Å². The molecule has 0 fully saturated rings. The zero-order chi connectivity index (χ0) is 13.5. The van der Waals surface area contributed by atoms with Crippen molar-refractivity contribution >= 4 is 29.9 Å². The van der Waals surface area contributed by atoms with Gasteiger partial charge >= 0.3 is 0 Å². The largest absolute Gasteiger partial charge is 0.493 e. The highest BCUT2D eigenvalue weighted by molar-refractivity contribution is 14.0. The van der Waals surface area contributed by atoms with Gasteiger partial charge in [0.2, 0.25) is 0 Å². The number of nitrogens with one attached hydrogen (secondary N) is 2. The third kappa shape index (κ3) is 4.85. The third-order valence-electron chi connectivity index (χ3n) is 3.23. The van der Waals surface area contributed by atoms with E-state index >= 15 is 0 Å². The highest BCUT2D eigenvalue weighted by Gasteiger charge is 2.11. The zero-order valence-corrected chi connectivity index (χ0v) is 14.6. The van der Waals surface area contributed by atoms with E-state index in [1.807, 2.05) is 0 Å². The van der Waals surface area contributed by atoms with Gasteiger partial charge in [-0.15, -0.1) is 24.0 Å². The van der Waals surface area contributed by atoms with Gasteiger partial charge in [-0.2, -0.15) is 0 Å². The monoisotopic (exact) mass is 389 g/mol. The van der Waals surface area contributed by atoms with Crippen molar-refractivity contribution in [2.45, 2.75) is 26.2 Å². The first-order valence-corrected chi connectivity index (χ1v) is 7.02. The minimum atomic E-state index is 0. The quantitative estimate of drug-likeness (QED) is 0.462. The maximum atomic E-state index is 5.51. The van der Waals surface area contributed by atoms with E-state index in [1.54, 1.807) is 7.05 Å². The second-order valence-corrected chi connectivity index (χ2v) is 4.72. The lowest BCUT2D eigenvalue weighted by Gasteiger charge is -2.11. The Kier molecular flexibility index (Phi) is 7.72. The molecule has 1 aromatic rings. The molecule has 0 unspecified atom stereocenters. The highest BCUT2D eigenvalue weighted by Crippen LogP contribution is 2.25. The number of rotatable bonds is 5. The van der Waals surface area contributed by atoms with Crippen LogP contribution >= 0.6 is 24.0 Å². The van der Waals surface area contributed by atoms with Crippen LogP contribution in [0.2, 0.25) is 0 Å². The molecule has 1 aliphatic heterocycles. The number of nitrogens with zero attached hydrogens (tertiary/aromatic N) is 1. The molecule has 0 aliphatic carbocycles. The lowest BCUT2D eigenvalue weighted by molar-refractivity contribution is 0.357. The first-order chi connectivity index (χ1) is 9.33. The molecule has 1 heterocycles. The Morgan fingerprint density at radius 3 is 2.85 bits per heavy atom. The Balaban J connectivity index is 0.00000200. The van der Waals surface area contributed by atoms with Crippen molar-refractivity contribution in [2.75, 3.05) is 26.7 Å². The normalized spacial score (nSPS) is 13.2. The molecule has 5 heteroatoms. The van der Waals surface area contributed by atoms with Gasteiger partial charge in [-0.1, -0.05) is 19.1 Å². The Morgan fingerprint density at radius 1 is 1.30 bits per heavy atom. The minimum absolute atomic E-state index is 0. The van der Waals surface area contributed by atoms with E-state index in [9.17, 15) is 0 Å². The molecule has 1 aromatic carbocycles. The Bertz CT molecular complexity index is 449. The first kappa shape index (κ1) is 17.1. The number of benzene rings is 1. The summed E-state index contributed by atoms with van der Waals surface area (Å²) in [5, 5.41) is 6.59. The molecule has 20 heavy (non-hydrogen) atoms. The van der Waals surface area contributed by atoms with E-state index in [2.05, 4.69) is 40.7 Å². The van der Waals surface area contributed by atoms with E-state index in [-0.39, 0.29) is 24.0 Å². The van der Waals surface area contributed by atoms with Crippen LogP contribution in [0.25, 0.3) is 0 Å². The molecule has 1 aliphatic rings. The summed E-state index contributed by atoms with van der Waals surface area (Å²) >= 11 is 0. The predicted molar refractivity (Wildman–Crippen MR) is 94.4 cm³/mol. The van der Waals surface area contributed by atoms with Gasteiger partial charge < -0.3 is 15.4 Å². The van der Waals surface area contributed by atoms with Crippen LogP contribution in [0.15, 0.2) is 23.2 Å². The SMILES string of the molecule is CCCNC(=NC)NCCc1ccc2c(c1)CCO2.I. The van der Waals surface area contributed by atoms with Crippen LogP contribution in [-0.4, -0.2) is 32.7 Å². The summed E-state index contributed by atoms with van der Waals surface area (Å²) in [5.74, 6) is 1.93. The molecule has 0 spiro atoms. The van der Waals surface area contributed by atoms with Gasteiger partial charge in [0.15, 0.2) is 5.96 Å². The van der Waals surface area contributed by atoms with Crippen molar-refractivity contribution in [2.24, 2.45) is 4.99 Å². The summed E-state index contributed by atoms with van der Waals surface area (Å²) in [7, 11) is 1.80. The summed E-state index contributed by atoms with van der Waals surface area (Å²) in [6.07, 6.45) is 3.14. The van der Waals surface area contributed by atoms with Gasteiger partial charge in [0.25, 0.3) is 0 Å². The fraction of sp³-hybridized carbons (Fsp3) is 0.533. The molecule has 0 amide bonds. The Hall–Kier alpha value is -0.980. The average molecular weight is 389 g/mol. The molecule has 2 N–H and O–H groups in total. The summed E-state index contributed by atoms with van der Waals surface area (Å²) < 4.78 is 5.51. The maximum Gasteiger partial charge on any atom is 0.190 e. The molecule has 4 nitrogen and oxygen atoms in total. The third-order valence-corrected chi connectivity index (χ3v) is 3.23. The van der Waals surface area contributed by atoms with Crippen LogP contribution in [0.5, 0.6) is 5.75 Å². The number of guanidine groups is 1. The van der Waals surface area contributed by atoms with Gasteiger partial charge in [-0.3, -0.25) is 4.99 Å². The van der Waals surface area contributed by atoms with Gasteiger partial charge in [-0.25, -0.2) is 0 Å². The first-order valence-electron chi connectivity index (χ1n) is 7.02. The van der Waals surface area contributed by atoms with Crippen LogP contribution < -0.4 is 15.4 Å². The van der Waals surface area contributed by atoms with Gasteiger partial charge in [0.1, 0.15) is 5.75 Å². The number of fused-ring (bicyclic) bond motifs is 1. The second kappa shape index (κ2) is 9.05. The second-order valence-electron chi connectivity index (χ2n) is 4.72. The van der Waals surface area contributed by atoms with E-state index in [0.717, 1.165) is 50.7 Å². The van der Waals surface area contributed by atoms with Gasteiger partial charge in [0.05, 0.1) is 6.61 Å². The molecule has 0 aromatic heterocycles. The molecule has 2 rings (SSSR count). The molecular formula is C15H24IN3O. The lowest BCUT2D eigenvalue weighted by atomic mass is 10.1. The standard InChI is InChI=1S/C15H23N3O.HI/c1-3-8-17-15(16-2)18-9-6-12-4-5-14-13(11-12)7-10-19-14;/h4-5,11H,3,6-10H2,1-2H3,(H2,16,17,18);1H. The van der Waals surface area contributed by atoms with Gasteiger partial charge in [0, 0.05) is 26.6 Å². The molecule has 0 atom stereocenters. The van der Waals surface area contributed by atoms with Crippen molar-refractivity contribution in [1.29, 1.82) is 0 Å². The van der Waals surface area contributed by atoms with Gasteiger partial charge in [-0.05, 0) is 30.0 Å². The van der Waals surface area contributed by atoms with Crippen LogP contribution in [0, 0.1) is 0 Å². The Morgan fingerprint density at radius 2 is 2.10 bits per heavy atom. The summed E-state index contributed by atoms with van der Waals surface area (Å²) in [5.41, 5.74) is 2.69. The fourth-order valence-corrected chi connectivity index (χ4v) is 2.18. The van der Waals surface area contributed by atoms with Crippen LogP contribution in [0.4, 0.5) is 0 Å². The highest BCUT2D eigenvalue weighted by atomic mass is 127. The number of aliphatic imine (C=N–C) groups is 1. The molecule has 0 bridgehead atoms. The summed E-state index contributed by atoms with van der Waals surface area (Å²) in [6, 6.07) is 6.49. The van der Waals surface area contributed by atoms with Crippen LogP contribution in [0.1, 0.15) is 24.5 Å². The average Bonchev–Trinajstić information content (AvgIpc) is 2.90. The van der Waals surface area contributed by atoms with Crippen LogP contribution in [0.3, 0.4) is 0 Å². The molecule has 0 saturated carbocycles. The molecule has 0 saturated heterocycles. The summed E-state index contributed by atoms with van der Waals surface area (Å²) in [4.78, 5) is 4.19. The predicted octanol–water partition coefficient (Wildman–Crippen LogP) is 2.36. The van der Waals surface area contributed by atoms with Crippen molar-refractivity contribution in [3.63, 3.8) is 0 Å². The van der Waals surface area contributed by atoms with E-state index in [1.165, 1.54) is 11.1 Å². The summed E-state index contributed by atoms with van der Waals surface area (Å²) in [6.45, 7) is 4.82. The smallest absolute Gasteiger partial charge is 0.190 e. The topological polar surface area (TPSA) is 45.7 Å². The molecule has 0 radical (unpaired) electrons. The lowest BCUT2D eigenvalue weighted by Crippen LogP contribution is -2.38. The maximum absolute atomic E-state index is 5.51. The Labute approximate surface area is 138 Å². The number of ether oxygens (including phenoxy) is 1. The van der Waals surface area contributed by atoms with Crippen LogP contribution in [-0.2, 0) is 12.8 Å². The number of hydrogen-bond acceptors (Lipinski definition) is 2. The number of hydrogen-bond donors (Lipinski definition) is 2. The zero-order valence-electron chi connectivity index (χ0n) is 12.2. The van der Waals surface area contributed by atoms with E-state index in [0.29, 0.717) is 0 Å². The number of halogens is 1. The van der Waals surface area contributed by atoms with Crippen molar-refractivity contribution in [1.82, 2.24) is 10.6 Å². The van der Waals surface area contributed by atoms with Crippen molar-refractivity contribution in [3.8, 4) is 5.75 Å². The molecular weight excluding hydrogens is 365 g/mol. The molecule has 112 valence electrons. The van der Waals surface area contributed by atoms with Crippen molar-refractivity contribution in [3.05, 3.63) is 29.3 Å².